The summed E-state index contributed by atoms with van der Waals surface area (Å²) in [5, 5.41) is 2.67. The molecule has 2 aromatic carbocycles. The number of nitrogens with one attached hydrogen (secondary N) is 1. The lowest BCUT2D eigenvalue weighted by Gasteiger charge is -2.11. The van der Waals surface area contributed by atoms with E-state index in [1.165, 1.54) is 7.11 Å². The molecule has 0 unspecified atom stereocenters. The van der Waals surface area contributed by atoms with E-state index in [1.54, 1.807) is 12.1 Å². The third-order valence-electron chi connectivity index (χ3n) is 3.56. The number of esters is 1. The van der Waals surface area contributed by atoms with Gasteiger partial charge in [0.05, 0.1) is 25.8 Å². The third kappa shape index (κ3) is 6.12. The van der Waals surface area contributed by atoms with E-state index in [2.05, 4.69) is 5.32 Å². The molecule has 1 N–H and O–H groups in total. The zero-order valence-electron chi connectivity index (χ0n) is 15.2. The Morgan fingerprint density at radius 2 is 1.81 bits per heavy atom. The molecule has 6 heteroatoms. The fourth-order valence-electron chi connectivity index (χ4n) is 2.28. The first-order valence-electron chi connectivity index (χ1n) is 8.27. The molecular formula is C20H23NO5. The highest BCUT2D eigenvalue weighted by atomic mass is 16.5. The number of hydrogen-bond acceptors (Lipinski definition) is 5. The topological polar surface area (TPSA) is 73.9 Å². The third-order valence-corrected chi connectivity index (χ3v) is 3.56. The molecule has 26 heavy (non-hydrogen) atoms. The van der Waals surface area contributed by atoms with Crippen LogP contribution < -0.4 is 14.8 Å². The smallest absolute Gasteiger partial charge is 0.309 e. The first-order valence-corrected chi connectivity index (χ1v) is 8.27. The van der Waals surface area contributed by atoms with E-state index in [0.29, 0.717) is 17.2 Å². The summed E-state index contributed by atoms with van der Waals surface area (Å²) in [5.74, 6) is 0.315. The zero-order chi connectivity index (χ0) is 18.9. The average molecular weight is 357 g/mol. The van der Waals surface area contributed by atoms with Gasteiger partial charge in [0.15, 0.2) is 6.61 Å². The highest BCUT2D eigenvalue weighted by Gasteiger charge is 2.11. The molecule has 0 bridgehead atoms. The summed E-state index contributed by atoms with van der Waals surface area (Å²) < 4.78 is 15.6. The molecule has 0 saturated carbocycles. The number of methoxy groups -OCH3 is 1. The molecular weight excluding hydrogens is 334 g/mol. The number of hydrogen-bond donors (Lipinski definition) is 1. The number of anilines is 1. The van der Waals surface area contributed by atoms with Crippen LogP contribution in [0, 0.1) is 13.8 Å². The van der Waals surface area contributed by atoms with Crippen molar-refractivity contribution in [3.8, 4) is 11.5 Å². The Bertz CT molecular complexity index is 773. The van der Waals surface area contributed by atoms with E-state index in [0.717, 1.165) is 11.1 Å². The summed E-state index contributed by atoms with van der Waals surface area (Å²) in [6.07, 6.45) is 0.0645. The second-order valence-corrected chi connectivity index (χ2v) is 5.83. The summed E-state index contributed by atoms with van der Waals surface area (Å²) in [5.41, 5.74) is 2.59. The van der Waals surface area contributed by atoms with E-state index < -0.39 is 11.9 Å². The lowest BCUT2D eigenvalue weighted by atomic mass is 10.2. The van der Waals surface area contributed by atoms with Crippen molar-refractivity contribution in [2.75, 3.05) is 25.6 Å². The first kappa shape index (κ1) is 19.3. The maximum absolute atomic E-state index is 12.0. The van der Waals surface area contributed by atoms with Gasteiger partial charge in [-0.15, -0.1) is 0 Å². The number of ether oxygens (including phenoxy) is 3. The van der Waals surface area contributed by atoms with Crippen LogP contribution in [0.2, 0.25) is 0 Å². The molecule has 0 aliphatic heterocycles. The van der Waals surface area contributed by atoms with E-state index in [9.17, 15) is 9.59 Å². The maximum Gasteiger partial charge on any atom is 0.309 e. The number of benzene rings is 2. The summed E-state index contributed by atoms with van der Waals surface area (Å²) >= 11 is 0. The van der Waals surface area contributed by atoms with Crippen LogP contribution in [0.3, 0.4) is 0 Å². The Labute approximate surface area is 153 Å². The van der Waals surface area contributed by atoms with Crippen LogP contribution in [0.25, 0.3) is 0 Å². The van der Waals surface area contributed by atoms with E-state index in [1.807, 2.05) is 44.2 Å². The molecule has 2 aromatic rings. The van der Waals surface area contributed by atoms with Gasteiger partial charge in [-0.25, -0.2) is 0 Å². The largest absolute Gasteiger partial charge is 0.495 e. The van der Waals surface area contributed by atoms with Crippen molar-refractivity contribution in [2.45, 2.75) is 20.3 Å². The Kier molecular flexibility index (Phi) is 7.02. The molecule has 6 nitrogen and oxygen atoms in total. The summed E-state index contributed by atoms with van der Waals surface area (Å²) in [7, 11) is 1.52. The van der Waals surface area contributed by atoms with Crippen molar-refractivity contribution in [3.63, 3.8) is 0 Å². The number of amides is 1. The molecule has 0 saturated heterocycles. The van der Waals surface area contributed by atoms with Crippen molar-refractivity contribution in [1.29, 1.82) is 0 Å². The quantitative estimate of drug-likeness (QED) is 0.734. The molecule has 0 radical (unpaired) electrons. The predicted octanol–water partition coefficient (Wildman–Crippen LogP) is 3.26. The summed E-state index contributed by atoms with van der Waals surface area (Å²) in [6, 6.07) is 13.0. The molecule has 1 amide bonds. The van der Waals surface area contributed by atoms with Crippen molar-refractivity contribution in [1.82, 2.24) is 0 Å². The van der Waals surface area contributed by atoms with Gasteiger partial charge < -0.3 is 19.5 Å². The maximum atomic E-state index is 12.0. The monoisotopic (exact) mass is 357 g/mol. The molecule has 0 aliphatic carbocycles. The van der Waals surface area contributed by atoms with Crippen LogP contribution in [0.15, 0.2) is 42.5 Å². The fraction of sp³-hybridized carbons (Fsp3) is 0.300. The average Bonchev–Trinajstić information content (AvgIpc) is 2.60. The fourth-order valence-corrected chi connectivity index (χ4v) is 2.28. The SMILES string of the molecule is COc1ccc(C)cc1NC(=O)COC(=O)CCOc1cccc(C)c1. The predicted molar refractivity (Wildman–Crippen MR) is 98.6 cm³/mol. The van der Waals surface area contributed by atoms with Gasteiger partial charge in [0.25, 0.3) is 5.91 Å². The molecule has 138 valence electrons. The summed E-state index contributed by atoms with van der Waals surface area (Å²) in [6.45, 7) is 3.70. The Balaban J connectivity index is 1.73. The summed E-state index contributed by atoms with van der Waals surface area (Å²) in [4.78, 5) is 23.7. The Morgan fingerprint density at radius 3 is 2.54 bits per heavy atom. The van der Waals surface area contributed by atoms with Crippen molar-refractivity contribution in [3.05, 3.63) is 53.6 Å². The molecule has 0 spiro atoms. The van der Waals surface area contributed by atoms with E-state index >= 15 is 0 Å². The zero-order valence-corrected chi connectivity index (χ0v) is 15.2. The second kappa shape index (κ2) is 9.46. The van der Waals surface area contributed by atoms with Crippen LogP contribution in [0.4, 0.5) is 5.69 Å². The first-order chi connectivity index (χ1) is 12.5. The standard InChI is InChI=1S/C20H23NO5/c1-14-5-4-6-16(11-14)25-10-9-20(23)26-13-19(22)21-17-12-15(2)7-8-18(17)24-3/h4-8,11-12H,9-10,13H2,1-3H3,(H,21,22). The van der Waals surface area contributed by atoms with Crippen LogP contribution in [-0.4, -0.2) is 32.2 Å². The van der Waals surface area contributed by atoms with Crippen molar-refractivity contribution >= 4 is 17.6 Å². The van der Waals surface area contributed by atoms with Gasteiger partial charge >= 0.3 is 5.97 Å². The highest BCUT2D eigenvalue weighted by molar-refractivity contribution is 5.94. The van der Waals surface area contributed by atoms with Gasteiger partial charge in [-0.3, -0.25) is 9.59 Å². The van der Waals surface area contributed by atoms with Gasteiger partial charge in [-0.05, 0) is 49.2 Å². The number of carbonyl (C=O) groups excluding carboxylic acids is 2. The molecule has 0 fully saturated rings. The Morgan fingerprint density at radius 1 is 1.04 bits per heavy atom. The molecule has 0 aliphatic rings. The van der Waals surface area contributed by atoms with E-state index in [-0.39, 0.29) is 19.6 Å². The minimum atomic E-state index is -0.496. The number of carbonyl (C=O) groups is 2. The van der Waals surface area contributed by atoms with Gasteiger partial charge in [0.2, 0.25) is 0 Å². The number of aryl methyl sites for hydroxylation is 2. The Hall–Kier alpha value is -3.02. The number of rotatable bonds is 8. The lowest BCUT2D eigenvalue weighted by molar-refractivity contribution is -0.147. The van der Waals surface area contributed by atoms with Gasteiger partial charge in [0.1, 0.15) is 11.5 Å². The van der Waals surface area contributed by atoms with Crippen LogP contribution in [0.5, 0.6) is 11.5 Å². The van der Waals surface area contributed by atoms with Crippen molar-refractivity contribution < 1.29 is 23.8 Å². The molecule has 0 heterocycles. The van der Waals surface area contributed by atoms with Crippen LogP contribution in [0.1, 0.15) is 17.5 Å². The second-order valence-electron chi connectivity index (χ2n) is 5.83. The normalized spacial score (nSPS) is 10.1. The highest BCUT2D eigenvalue weighted by Crippen LogP contribution is 2.25. The van der Waals surface area contributed by atoms with Crippen molar-refractivity contribution in [2.24, 2.45) is 0 Å². The van der Waals surface area contributed by atoms with Crippen LogP contribution >= 0.6 is 0 Å². The minimum absolute atomic E-state index is 0.0645. The minimum Gasteiger partial charge on any atom is -0.495 e. The van der Waals surface area contributed by atoms with E-state index in [4.69, 9.17) is 14.2 Å². The van der Waals surface area contributed by atoms with Crippen LogP contribution in [-0.2, 0) is 14.3 Å². The van der Waals surface area contributed by atoms with Gasteiger partial charge in [-0.1, -0.05) is 18.2 Å². The van der Waals surface area contributed by atoms with Gasteiger partial charge in [0, 0.05) is 0 Å². The van der Waals surface area contributed by atoms with Gasteiger partial charge in [-0.2, -0.15) is 0 Å². The molecule has 0 atom stereocenters. The molecule has 0 aromatic heterocycles. The molecule has 2 rings (SSSR count). The lowest BCUT2D eigenvalue weighted by Crippen LogP contribution is -2.22.